The number of carbonyl (C=O) groups is 1. The van der Waals surface area contributed by atoms with Crippen molar-refractivity contribution in [3.63, 3.8) is 0 Å². The third kappa shape index (κ3) is 3.97. The minimum Gasteiger partial charge on any atom is -0.385 e. The van der Waals surface area contributed by atoms with Crippen molar-refractivity contribution in [2.45, 2.75) is 19.5 Å². The van der Waals surface area contributed by atoms with Gasteiger partial charge in [-0.3, -0.25) is 4.79 Å². The molecule has 2 rings (SSSR count). The van der Waals surface area contributed by atoms with Crippen LogP contribution in [0.2, 0.25) is 5.02 Å². The summed E-state index contributed by atoms with van der Waals surface area (Å²) < 4.78 is 6.83. The number of nitrogens with one attached hydrogen (secondary N) is 1. The standard InChI is InChI=1S/C15H20ClN3O2/c1-21-6-2-5-18-15(20)10-19-9-11(8-17)13-4-3-12(16)7-14(13)19/h3-4,7,9H,2,5-6,8,10,17H2,1H3,(H,18,20). The van der Waals surface area contributed by atoms with E-state index in [0.29, 0.717) is 24.7 Å². The summed E-state index contributed by atoms with van der Waals surface area (Å²) in [5.41, 5.74) is 7.68. The summed E-state index contributed by atoms with van der Waals surface area (Å²) in [6.07, 6.45) is 2.71. The van der Waals surface area contributed by atoms with Crippen molar-refractivity contribution in [3.05, 3.63) is 35.0 Å². The Balaban J connectivity index is 2.10. The lowest BCUT2D eigenvalue weighted by molar-refractivity contribution is -0.121. The van der Waals surface area contributed by atoms with Crippen molar-refractivity contribution >= 4 is 28.4 Å². The predicted octanol–water partition coefficient (Wildman–Crippen LogP) is 1.91. The molecule has 0 saturated heterocycles. The van der Waals surface area contributed by atoms with Crippen LogP contribution in [-0.4, -0.2) is 30.7 Å². The van der Waals surface area contributed by atoms with Crippen LogP contribution in [0, 0.1) is 0 Å². The maximum atomic E-state index is 12.0. The summed E-state index contributed by atoms with van der Waals surface area (Å²) in [7, 11) is 1.64. The number of hydrogen-bond donors (Lipinski definition) is 2. The van der Waals surface area contributed by atoms with Crippen LogP contribution >= 0.6 is 11.6 Å². The van der Waals surface area contributed by atoms with Gasteiger partial charge in [-0.05, 0) is 24.1 Å². The van der Waals surface area contributed by atoms with Crippen LogP contribution in [0.25, 0.3) is 10.9 Å². The molecule has 114 valence electrons. The van der Waals surface area contributed by atoms with E-state index in [4.69, 9.17) is 22.1 Å². The number of nitrogens with two attached hydrogens (primary N) is 1. The predicted molar refractivity (Wildman–Crippen MR) is 84.3 cm³/mol. The Hall–Kier alpha value is -1.56. The number of aromatic nitrogens is 1. The van der Waals surface area contributed by atoms with Crippen molar-refractivity contribution in [2.24, 2.45) is 5.73 Å². The summed E-state index contributed by atoms with van der Waals surface area (Å²) in [4.78, 5) is 12.0. The van der Waals surface area contributed by atoms with Gasteiger partial charge in [-0.1, -0.05) is 17.7 Å². The molecule has 0 atom stereocenters. The van der Waals surface area contributed by atoms with Gasteiger partial charge in [0, 0.05) is 43.4 Å². The summed E-state index contributed by atoms with van der Waals surface area (Å²) in [5.74, 6) is -0.0356. The first kappa shape index (κ1) is 15.8. The third-order valence-corrected chi connectivity index (χ3v) is 3.54. The van der Waals surface area contributed by atoms with E-state index < -0.39 is 0 Å². The van der Waals surface area contributed by atoms with E-state index in [1.54, 1.807) is 7.11 Å². The number of ether oxygens (including phenoxy) is 1. The fourth-order valence-corrected chi connectivity index (χ4v) is 2.46. The quantitative estimate of drug-likeness (QED) is 0.768. The van der Waals surface area contributed by atoms with Gasteiger partial charge in [-0.25, -0.2) is 0 Å². The van der Waals surface area contributed by atoms with Gasteiger partial charge in [-0.2, -0.15) is 0 Å². The Labute approximate surface area is 129 Å². The highest BCUT2D eigenvalue weighted by Gasteiger charge is 2.10. The van der Waals surface area contributed by atoms with Gasteiger partial charge in [-0.15, -0.1) is 0 Å². The molecule has 1 amide bonds. The molecule has 6 heteroatoms. The SMILES string of the molecule is COCCCNC(=O)Cn1cc(CN)c2ccc(Cl)cc21. The van der Waals surface area contributed by atoms with Crippen molar-refractivity contribution in [2.75, 3.05) is 20.3 Å². The normalized spacial score (nSPS) is 11.0. The van der Waals surface area contributed by atoms with Crippen LogP contribution in [0.15, 0.2) is 24.4 Å². The molecule has 0 unspecified atom stereocenters. The van der Waals surface area contributed by atoms with Gasteiger partial charge < -0.3 is 20.4 Å². The molecule has 3 N–H and O–H groups in total. The Morgan fingerprint density at radius 3 is 3.00 bits per heavy atom. The van der Waals surface area contributed by atoms with Gasteiger partial charge >= 0.3 is 0 Å². The number of amides is 1. The molecule has 2 aromatic rings. The number of carbonyl (C=O) groups excluding carboxylic acids is 1. The lowest BCUT2D eigenvalue weighted by atomic mass is 10.2. The molecule has 5 nitrogen and oxygen atoms in total. The molecule has 0 spiro atoms. The monoisotopic (exact) mass is 309 g/mol. The molecule has 1 aromatic carbocycles. The second-order valence-electron chi connectivity index (χ2n) is 4.84. The van der Waals surface area contributed by atoms with Gasteiger partial charge in [0.1, 0.15) is 6.54 Å². The fraction of sp³-hybridized carbons (Fsp3) is 0.400. The second-order valence-corrected chi connectivity index (χ2v) is 5.28. The van der Waals surface area contributed by atoms with Crippen molar-refractivity contribution < 1.29 is 9.53 Å². The van der Waals surface area contributed by atoms with Crippen molar-refractivity contribution in [3.8, 4) is 0 Å². The molecule has 1 heterocycles. The first-order valence-corrected chi connectivity index (χ1v) is 7.26. The average molecular weight is 310 g/mol. The Kier molecular flexibility index (Phi) is 5.61. The largest absolute Gasteiger partial charge is 0.385 e. The maximum Gasteiger partial charge on any atom is 0.239 e. The maximum absolute atomic E-state index is 12.0. The van der Waals surface area contributed by atoms with Gasteiger partial charge in [0.05, 0.1) is 5.52 Å². The van der Waals surface area contributed by atoms with E-state index >= 15 is 0 Å². The first-order chi connectivity index (χ1) is 10.2. The number of halogens is 1. The first-order valence-electron chi connectivity index (χ1n) is 6.88. The van der Waals surface area contributed by atoms with Gasteiger partial charge in [0.25, 0.3) is 0 Å². The van der Waals surface area contributed by atoms with Crippen molar-refractivity contribution in [1.29, 1.82) is 0 Å². The van der Waals surface area contributed by atoms with E-state index in [1.807, 2.05) is 29.0 Å². The lowest BCUT2D eigenvalue weighted by Gasteiger charge is -2.07. The molecule has 0 radical (unpaired) electrons. The van der Waals surface area contributed by atoms with E-state index in [-0.39, 0.29) is 12.5 Å². The van der Waals surface area contributed by atoms with Crippen LogP contribution < -0.4 is 11.1 Å². The lowest BCUT2D eigenvalue weighted by Crippen LogP contribution is -2.28. The van der Waals surface area contributed by atoms with Crippen LogP contribution in [0.5, 0.6) is 0 Å². The number of nitrogens with zero attached hydrogens (tertiary/aromatic N) is 1. The van der Waals surface area contributed by atoms with Crippen LogP contribution in [-0.2, 0) is 22.6 Å². The number of hydrogen-bond acceptors (Lipinski definition) is 3. The number of benzene rings is 1. The average Bonchev–Trinajstić information content (AvgIpc) is 2.81. The topological polar surface area (TPSA) is 69.3 Å². The summed E-state index contributed by atoms with van der Waals surface area (Å²) in [6.45, 7) is 1.93. The third-order valence-electron chi connectivity index (χ3n) is 3.31. The minimum absolute atomic E-state index is 0.0356. The summed E-state index contributed by atoms with van der Waals surface area (Å²) >= 11 is 6.04. The molecular formula is C15H20ClN3O2. The number of rotatable bonds is 7. The van der Waals surface area contributed by atoms with Crippen molar-refractivity contribution in [1.82, 2.24) is 9.88 Å². The fourth-order valence-electron chi connectivity index (χ4n) is 2.29. The second kappa shape index (κ2) is 7.45. The van der Waals surface area contributed by atoms with Crippen LogP contribution in [0.1, 0.15) is 12.0 Å². The highest BCUT2D eigenvalue weighted by atomic mass is 35.5. The Morgan fingerprint density at radius 1 is 1.48 bits per heavy atom. The molecule has 0 bridgehead atoms. The summed E-state index contributed by atoms with van der Waals surface area (Å²) in [5, 5.41) is 4.55. The molecule has 1 aromatic heterocycles. The Bertz CT molecular complexity index is 625. The zero-order valence-corrected chi connectivity index (χ0v) is 12.8. The van der Waals surface area contributed by atoms with E-state index in [1.165, 1.54) is 0 Å². The summed E-state index contributed by atoms with van der Waals surface area (Å²) in [6, 6.07) is 5.62. The van der Waals surface area contributed by atoms with E-state index in [9.17, 15) is 4.79 Å². The van der Waals surface area contributed by atoms with E-state index in [0.717, 1.165) is 22.9 Å². The number of fused-ring (bicyclic) bond motifs is 1. The zero-order chi connectivity index (χ0) is 15.2. The molecule has 0 saturated carbocycles. The van der Waals surface area contributed by atoms with Crippen LogP contribution in [0.4, 0.5) is 0 Å². The Morgan fingerprint density at radius 2 is 2.29 bits per heavy atom. The van der Waals surface area contributed by atoms with Gasteiger partial charge in [0.2, 0.25) is 5.91 Å². The molecule has 21 heavy (non-hydrogen) atoms. The highest BCUT2D eigenvalue weighted by Crippen LogP contribution is 2.24. The van der Waals surface area contributed by atoms with Crippen LogP contribution in [0.3, 0.4) is 0 Å². The molecule has 0 fully saturated rings. The molecule has 0 aliphatic heterocycles. The molecular weight excluding hydrogens is 290 g/mol. The van der Waals surface area contributed by atoms with E-state index in [2.05, 4.69) is 5.32 Å². The molecule has 0 aliphatic carbocycles. The highest BCUT2D eigenvalue weighted by molar-refractivity contribution is 6.31. The molecule has 0 aliphatic rings. The van der Waals surface area contributed by atoms with Gasteiger partial charge in [0.15, 0.2) is 0 Å². The smallest absolute Gasteiger partial charge is 0.239 e. The zero-order valence-electron chi connectivity index (χ0n) is 12.1. The minimum atomic E-state index is -0.0356. The number of methoxy groups -OCH3 is 1.